The molecular formula is C19H17F4N5O2. The van der Waals surface area contributed by atoms with Gasteiger partial charge in [-0.2, -0.15) is 18.3 Å². The molecule has 2 heterocycles. The van der Waals surface area contributed by atoms with Crippen LogP contribution in [0.1, 0.15) is 24.0 Å². The number of ether oxygens (including phenoxy) is 1. The first-order valence-electron chi connectivity index (χ1n) is 9.01. The van der Waals surface area contributed by atoms with Gasteiger partial charge in [0.2, 0.25) is 5.54 Å². The first kappa shape index (κ1) is 19.9. The average molecular weight is 423 g/mol. The molecule has 1 fully saturated rings. The van der Waals surface area contributed by atoms with Crippen molar-refractivity contribution in [2.24, 2.45) is 5.92 Å². The summed E-state index contributed by atoms with van der Waals surface area (Å²) < 4.78 is 63.3. The van der Waals surface area contributed by atoms with Crippen LogP contribution in [0.5, 0.6) is 5.75 Å². The summed E-state index contributed by atoms with van der Waals surface area (Å²) in [6.45, 7) is -0.136. The maximum Gasteiger partial charge on any atom is 0.427 e. The number of hydrogen-bond donors (Lipinski definition) is 3. The average Bonchev–Trinajstić information content (AvgIpc) is 3.42. The highest BCUT2D eigenvalue weighted by molar-refractivity contribution is 5.95. The fourth-order valence-electron chi connectivity index (χ4n) is 3.21. The van der Waals surface area contributed by atoms with Gasteiger partial charge in [-0.3, -0.25) is 4.68 Å². The van der Waals surface area contributed by atoms with E-state index in [-0.39, 0.29) is 35.3 Å². The smallest absolute Gasteiger partial charge is 0.427 e. The van der Waals surface area contributed by atoms with Crippen LogP contribution in [0.2, 0.25) is 0 Å². The van der Waals surface area contributed by atoms with E-state index < -0.39 is 29.1 Å². The Balaban J connectivity index is 1.79. The summed E-state index contributed by atoms with van der Waals surface area (Å²) in [4.78, 5) is 12.1. The van der Waals surface area contributed by atoms with E-state index in [4.69, 9.17) is 10.5 Å². The summed E-state index contributed by atoms with van der Waals surface area (Å²) in [5.41, 5.74) is 2.00. The Morgan fingerprint density at radius 3 is 2.73 bits per heavy atom. The van der Waals surface area contributed by atoms with Crippen LogP contribution in [-0.2, 0) is 12.1 Å². The summed E-state index contributed by atoms with van der Waals surface area (Å²) in [6, 6.07) is 0.816. The standard InChI is InChI=1S/C19H17F4N5O2/c1-30-15-9-28(27-16(15)24)8-11-6-14-12(7-13(11)20)18(19(21,22)23,26-17(29)25-14)5-4-10-2-3-10/h6-7,9-10H,2-3,8H2,1H3,(H2,24,27)(H2,25,26,29)/t18-/m0/s1. The molecule has 1 atom stereocenters. The fourth-order valence-corrected chi connectivity index (χ4v) is 3.21. The molecule has 1 aromatic carbocycles. The molecule has 1 saturated carbocycles. The fraction of sp³-hybridized carbons (Fsp3) is 0.368. The van der Waals surface area contributed by atoms with Crippen LogP contribution in [0, 0.1) is 23.6 Å². The van der Waals surface area contributed by atoms with E-state index in [9.17, 15) is 22.4 Å². The van der Waals surface area contributed by atoms with Crippen molar-refractivity contribution in [2.45, 2.75) is 31.1 Å². The van der Waals surface area contributed by atoms with Gasteiger partial charge < -0.3 is 21.1 Å². The molecule has 2 aromatic rings. The quantitative estimate of drug-likeness (QED) is 0.523. The number of urea groups is 1. The molecule has 4 rings (SSSR count). The van der Waals surface area contributed by atoms with E-state index in [0.29, 0.717) is 12.8 Å². The maximum absolute atomic E-state index is 14.8. The normalized spacial score (nSPS) is 20.5. The lowest BCUT2D eigenvalue weighted by molar-refractivity contribution is -0.178. The van der Waals surface area contributed by atoms with Crippen molar-refractivity contribution >= 4 is 17.5 Å². The van der Waals surface area contributed by atoms with Crippen LogP contribution in [-0.4, -0.2) is 29.1 Å². The van der Waals surface area contributed by atoms with Crippen molar-refractivity contribution in [1.29, 1.82) is 0 Å². The lowest BCUT2D eigenvalue weighted by Crippen LogP contribution is -2.59. The number of carbonyl (C=O) groups is 1. The molecule has 0 radical (unpaired) electrons. The van der Waals surface area contributed by atoms with Crippen molar-refractivity contribution in [3.63, 3.8) is 0 Å². The Bertz CT molecular complexity index is 1080. The lowest BCUT2D eigenvalue weighted by Gasteiger charge is -2.37. The zero-order chi connectivity index (χ0) is 21.7. The number of nitrogens with zero attached hydrogens (tertiary/aromatic N) is 2. The maximum atomic E-state index is 14.8. The molecule has 7 nitrogen and oxygen atoms in total. The highest BCUT2D eigenvalue weighted by Crippen LogP contribution is 2.45. The summed E-state index contributed by atoms with van der Waals surface area (Å²) >= 11 is 0. The van der Waals surface area contributed by atoms with E-state index >= 15 is 0 Å². The first-order chi connectivity index (χ1) is 14.1. The molecule has 1 aliphatic heterocycles. The van der Waals surface area contributed by atoms with Crippen LogP contribution in [0.15, 0.2) is 18.3 Å². The number of carbonyl (C=O) groups excluding carboxylic acids is 1. The van der Waals surface area contributed by atoms with Gasteiger partial charge in [-0.15, -0.1) is 0 Å². The second-order valence-corrected chi connectivity index (χ2v) is 7.14. The molecule has 11 heteroatoms. The Hall–Kier alpha value is -3.42. The SMILES string of the molecule is COc1cn(Cc2cc3c(cc2F)[C@@](C#CC2CC2)(C(F)(F)F)NC(=O)N3)nc1N. The van der Waals surface area contributed by atoms with Gasteiger partial charge in [0.25, 0.3) is 0 Å². The van der Waals surface area contributed by atoms with Crippen LogP contribution in [0.25, 0.3) is 0 Å². The molecule has 0 saturated heterocycles. The number of nitrogens with two attached hydrogens (primary N) is 1. The second-order valence-electron chi connectivity index (χ2n) is 7.14. The number of rotatable bonds is 3. The number of amides is 2. The molecule has 0 spiro atoms. The highest BCUT2D eigenvalue weighted by atomic mass is 19.4. The van der Waals surface area contributed by atoms with Crippen LogP contribution >= 0.6 is 0 Å². The van der Waals surface area contributed by atoms with Crippen molar-refractivity contribution in [1.82, 2.24) is 15.1 Å². The van der Waals surface area contributed by atoms with Gasteiger partial charge in [0, 0.05) is 22.7 Å². The minimum Gasteiger partial charge on any atom is -0.491 e. The molecule has 0 unspecified atom stereocenters. The summed E-state index contributed by atoms with van der Waals surface area (Å²) in [5, 5.41) is 8.13. The van der Waals surface area contributed by atoms with Crippen molar-refractivity contribution < 1.29 is 27.1 Å². The zero-order valence-electron chi connectivity index (χ0n) is 15.7. The number of aromatic nitrogens is 2. The third-order valence-electron chi connectivity index (χ3n) is 4.91. The summed E-state index contributed by atoms with van der Waals surface area (Å²) in [7, 11) is 1.39. The molecule has 4 N–H and O–H groups in total. The van der Waals surface area contributed by atoms with E-state index in [1.54, 1.807) is 0 Å². The molecule has 1 aromatic heterocycles. The molecule has 158 valence electrons. The van der Waals surface area contributed by atoms with Crippen LogP contribution in [0.4, 0.5) is 33.9 Å². The van der Waals surface area contributed by atoms with Gasteiger partial charge in [0.15, 0.2) is 11.6 Å². The highest BCUT2D eigenvalue weighted by Gasteiger charge is 2.59. The van der Waals surface area contributed by atoms with Gasteiger partial charge >= 0.3 is 12.2 Å². The minimum absolute atomic E-state index is 0.00679. The zero-order valence-corrected chi connectivity index (χ0v) is 15.7. The molecular weight excluding hydrogens is 406 g/mol. The number of nitrogen functional groups attached to an aromatic ring is 1. The van der Waals surface area contributed by atoms with Crippen molar-refractivity contribution in [2.75, 3.05) is 18.2 Å². The van der Waals surface area contributed by atoms with Gasteiger partial charge in [-0.25, -0.2) is 9.18 Å². The van der Waals surface area contributed by atoms with Gasteiger partial charge in [-0.05, 0) is 25.0 Å². The third kappa shape index (κ3) is 3.38. The van der Waals surface area contributed by atoms with Crippen molar-refractivity contribution in [3.8, 4) is 17.6 Å². The first-order valence-corrected chi connectivity index (χ1v) is 9.01. The van der Waals surface area contributed by atoms with E-state index in [1.165, 1.54) is 18.0 Å². The molecule has 1 aliphatic carbocycles. The molecule has 2 amide bonds. The summed E-state index contributed by atoms with van der Waals surface area (Å²) in [6.07, 6.45) is -2.14. The molecule has 0 bridgehead atoms. The van der Waals surface area contributed by atoms with E-state index in [2.05, 4.69) is 22.3 Å². The number of fused-ring (bicyclic) bond motifs is 1. The Kier molecular flexibility index (Phi) is 4.52. The number of halogens is 4. The summed E-state index contributed by atoms with van der Waals surface area (Å²) in [5.74, 6) is 4.03. The van der Waals surface area contributed by atoms with Gasteiger partial charge in [-0.1, -0.05) is 11.8 Å². The minimum atomic E-state index is -4.96. The second kappa shape index (κ2) is 6.83. The topological polar surface area (TPSA) is 94.2 Å². The number of alkyl halides is 3. The van der Waals surface area contributed by atoms with Gasteiger partial charge in [0.1, 0.15) is 5.82 Å². The van der Waals surface area contributed by atoms with Crippen LogP contribution in [0.3, 0.4) is 0 Å². The Morgan fingerprint density at radius 2 is 2.13 bits per heavy atom. The van der Waals surface area contributed by atoms with E-state index in [1.807, 2.05) is 5.32 Å². The van der Waals surface area contributed by atoms with Gasteiger partial charge in [0.05, 0.1) is 19.9 Å². The number of anilines is 2. The largest absolute Gasteiger partial charge is 0.491 e. The monoisotopic (exact) mass is 423 g/mol. The lowest BCUT2D eigenvalue weighted by atomic mass is 9.85. The number of nitrogens with one attached hydrogen (secondary N) is 2. The predicted octanol–water partition coefficient (Wildman–Crippen LogP) is 2.97. The Morgan fingerprint density at radius 1 is 1.40 bits per heavy atom. The predicted molar refractivity (Wildman–Crippen MR) is 99.1 cm³/mol. The molecule has 30 heavy (non-hydrogen) atoms. The number of methoxy groups -OCH3 is 1. The van der Waals surface area contributed by atoms with E-state index in [0.717, 1.165) is 12.1 Å². The number of benzene rings is 1. The van der Waals surface area contributed by atoms with Crippen LogP contribution < -0.4 is 21.1 Å². The molecule has 2 aliphatic rings. The third-order valence-corrected chi connectivity index (χ3v) is 4.91. The number of hydrogen-bond acceptors (Lipinski definition) is 4. The van der Waals surface area contributed by atoms with Crippen molar-refractivity contribution in [3.05, 3.63) is 35.3 Å². The Labute approximate surface area is 168 Å².